The van der Waals surface area contributed by atoms with Crippen molar-refractivity contribution in [2.24, 2.45) is 5.73 Å². The van der Waals surface area contributed by atoms with Crippen LogP contribution >= 0.6 is 0 Å². The molecule has 78 valence electrons. The Bertz CT molecular complexity index is 471. The largest absolute Gasteiger partial charge is 0.460 e. The minimum Gasteiger partial charge on any atom is -0.460 e. The van der Waals surface area contributed by atoms with Gasteiger partial charge in [-0.25, -0.2) is 0 Å². The molecule has 0 bridgehead atoms. The second kappa shape index (κ2) is 3.91. The smallest absolute Gasteiger partial charge is 0.134 e. The number of benzene rings is 1. The first-order valence-corrected chi connectivity index (χ1v) is 5.07. The van der Waals surface area contributed by atoms with E-state index in [2.05, 4.69) is 26.0 Å². The molecular weight excluding hydrogens is 186 g/mol. The summed E-state index contributed by atoms with van der Waals surface area (Å²) in [6.07, 6.45) is 0. The Morgan fingerprint density at radius 1 is 1.13 bits per heavy atom. The monoisotopic (exact) mass is 201 g/mol. The van der Waals surface area contributed by atoms with Crippen molar-refractivity contribution in [3.63, 3.8) is 0 Å². The van der Waals surface area contributed by atoms with Crippen LogP contribution in [0.1, 0.15) is 16.9 Å². The van der Waals surface area contributed by atoms with Crippen LogP contribution < -0.4 is 5.73 Å². The molecular formula is C13H15NO. The second-order valence-corrected chi connectivity index (χ2v) is 3.72. The lowest BCUT2D eigenvalue weighted by Gasteiger charge is -2.05. The van der Waals surface area contributed by atoms with Crippen molar-refractivity contribution in [2.75, 3.05) is 0 Å². The lowest BCUT2D eigenvalue weighted by Crippen LogP contribution is -1.92. The molecule has 0 unspecified atom stereocenters. The van der Waals surface area contributed by atoms with E-state index >= 15 is 0 Å². The average Bonchev–Trinajstić information content (AvgIpc) is 2.70. The minimum atomic E-state index is 0.449. The summed E-state index contributed by atoms with van der Waals surface area (Å²) < 4.78 is 5.63. The van der Waals surface area contributed by atoms with Crippen molar-refractivity contribution in [1.29, 1.82) is 0 Å². The van der Waals surface area contributed by atoms with Gasteiger partial charge in [0.25, 0.3) is 0 Å². The summed E-state index contributed by atoms with van der Waals surface area (Å²) in [5.74, 6) is 1.72. The Labute approximate surface area is 89.7 Å². The summed E-state index contributed by atoms with van der Waals surface area (Å²) in [6, 6.07) is 10.1. The molecule has 1 heterocycles. The molecule has 2 N–H and O–H groups in total. The predicted molar refractivity (Wildman–Crippen MR) is 61.5 cm³/mol. The van der Waals surface area contributed by atoms with Gasteiger partial charge in [-0.15, -0.1) is 0 Å². The van der Waals surface area contributed by atoms with Gasteiger partial charge in [0.05, 0.1) is 6.54 Å². The van der Waals surface area contributed by atoms with Gasteiger partial charge in [0, 0.05) is 5.56 Å². The maximum absolute atomic E-state index is 5.63. The zero-order valence-electron chi connectivity index (χ0n) is 9.08. The first kappa shape index (κ1) is 9.99. The van der Waals surface area contributed by atoms with Gasteiger partial charge in [-0.2, -0.15) is 0 Å². The molecule has 0 radical (unpaired) electrons. The molecule has 0 aliphatic rings. The summed E-state index contributed by atoms with van der Waals surface area (Å²) in [5.41, 5.74) is 9.20. The fourth-order valence-electron chi connectivity index (χ4n) is 1.65. The number of furan rings is 1. The van der Waals surface area contributed by atoms with E-state index in [0.717, 1.165) is 17.1 Å². The van der Waals surface area contributed by atoms with Crippen LogP contribution in [0.2, 0.25) is 0 Å². The minimum absolute atomic E-state index is 0.449. The standard InChI is InChI=1S/C13H15NO/c1-9-4-3-5-12(10(9)2)13-7-6-11(8-14)15-13/h3-7H,8,14H2,1-2H3. The van der Waals surface area contributed by atoms with Crippen LogP contribution in [0.4, 0.5) is 0 Å². The van der Waals surface area contributed by atoms with E-state index in [1.807, 2.05) is 18.2 Å². The molecule has 0 fully saturated rings. The molecule has 0 amide bonds. The fraction of sp³-hybridized carbons (Fsp3) is 0.231. The number of hydrogen-bond acceptors (Lipinski definition) is 2. The molecule has 0 spiro atoms. The summed E-state index contributed by atoms with van der Waals surface area (Å²) in [5, 5.41) is 0. The van der Waals surface area contributed by atoms with Crippen molar-refractivity contribution in [1.82, 2.24) is 0 Å². The summed E-state index contributed by atoms with van der Waals surface area (Å²) in [7, 11) is 0. The van der Waals surface area contributed by atoms with E-state index in [0.29, 0.717) is 6.54 Å². The highest BCUT2D eigenvalue weighted by atomic mass is 16.3. The highest BCUT2D eigenvalue weighted by molar-refractivity contribution is 5.63. The molecule has 1 aromatic heterocycles. The Kier molecular flexibility index (Phi) is 2.60. The maximum Gasteiger partial charge on any atom is 0.134 e. The van der Waals surface area contributed by atoms with Crippen molar-refractivity contribution in [3.05, 3.63) is 47.2 Å². The van der Waals surface area contributed by atoms with Crippen molar-refractivity contribution in [3.8, 4) is 11.3 Å². The van der Waals surface area contributed by atoms with Gasteiger partial charge < -0.3 is 10.2 Å². The molecule has 15 heavy (non-hydrogen) atoms. The topological polar surface area (TPSA) is 39.2 Å². The number of aryl methyl sites for hydroxylation is 1. The maximum atomic E-state index is 5.63. The molecule has 0 aliphatic heterocycles. The normalized spacial score (nSPS) is 10.6. The van der Waals surface area contributed by atoms with E-state index in [9.17, 15) is 0 Å². The molecule has 0 atom stereocenters. The Balaban J connectivity index is 2.49. The molecule has 2 aromatic rings. The van der Waals surface area contributed by atoms with Gasteiger partial charge in [0.15, 0.2) is 0 Å². The first-order chi connectivity index (χ1) is 7.22. The quantitative estimate of drug-likeness (QED) is 0.811. The van der Waals surface area contributed by atoms with Gasteiger partial charge in [-0.05, 0) is 37.1 Å². The lowest BCUT2D eigenvalue weighted by atomic mass is 10.0. The van der Waals surface area contributed by atoms with Gasteiger partial charge >= 0.3 is 0 Å². The van der Waals surface area contributed by atoms with Crippen molar-refractivity contribution in [2.45, 2.75) is 20.4 Å². The summed E-state index contributed by atoms with van der Waals surface area (Å²) in [6.45, 7) is 4.66. The SMILES string of the molecule is Cc1cccc(-c2ccc(CN)o2)c1C. The molecule has 2 rings (SSSR count). The Morgan fingerprint density at radius 2 is 1.93 bits per heavy atom. The lowest BCUT2D eigenvalue weighted by molar-refractivity contribution is 0.525. The third-order valence-corrected chi connectivity index (χ3v) is 2.73. The zero-order chi connectivity index (χ0) is 10.8. The van der Waals surface area contributed by atoms with Gasteiger partial charge in [0.1, 0.15) is 11.5 Å². The van der Waals surface area contributed by atoms with Crippen LogP contribution in [-0.4, -0.2) is 0 Å². The van der Waals surface area contributed by atoms with Crippen LogP contribution in [0, 0.1) is 13.8 Å². The zero-order valence-corrected chi connectivity index (χ0v) is 9.08. The third kappa shape index (κ3) is 1.81. The molecule has 2 nitrogen and oxygen atoms in total. The van der Waals surface area contributed by atoms with Crippen molar-refractivity contribution < 1.29 is 4.42 Å². The highest BCUT2D eigenvalue weighted by Crippen LogP contribution is 2.26. The summed E-state index contributed by atoms with van der Waals surface area (Å²) in [4.78, 5) is 0. The van der Waals surface area contributed by atoms with Crippen LogP contribution in [0.25, 0.3) is 11.3 Å². The summed E-state index contributed by atoms with van der Waals surface area (Å²) >= 11 is 0. The molecule has 2 heteroatoms. The van der Waals surface area contributed by atoms with Crippen LogP contribution in [0.3, 0.4) is 0 Å². The number of nitrogens with two attached hydrogens (primary N) is 1. The average molecular weight is 201 g/mol. The van der Waals surface area contributed by atoms with Gasteiger partial charge in [-0.1, -0.05) is 18.2 Å². The molecule has 0 aliphatic carbocycles. The molecule has 0 saturated heterocycles. The van der Waals surface area contributed by atoms with E-state index < -0.39 is 0 Å². The van der Waals surface area contributed by atoms with Crippen molar-refractivity contribution >= 4 is 0 Å². The Hall–Kier alpha value is -1.54. The predicted octanol–water partition coefficient (Wildman–Crippen LogP) is 3.02. The first-order valence-electron chi connectivity index (χ1n) is 5.07. The van der Waals surface area contributed by atoms with Crippen LogP contribution in [-0.2, 0) is 6.54 Å². The van der Waals surface area contributed by atoms with Crippen LogP contribution in [0.5, 0.6) is 0 Å². The number of rotatable bonds is 2. The van der Waals surface area contributed by atoms with E-state index in [4.69, 9.17) is 10.2 Å². The fourth-order valence-corrected chi connectivity index (χ4v) is 1.65. The van der Waals surface area contributed by atoms with Gasteiger partial charge in [0.2, 0.25) is 0 Å². The van der Waals surface area contributed by atoms with Gasteiger partial charge in [-0.3, -0.25) is 0 Å². The molecule has 1 aromatic carbocycles. The van der Waals surface area contributed by atoms with Crippen LogP contribution in [0.15, 0.2) is 34.7 Å². The van der Waals surface area contributed by atoms with E-state index in [1.54, 1.807) is 0 Å². The number of hydrogen-bond donors (Lipinski definition) is 1. The second-order valence-electron chi connectivity index (χ2n) is 3.72. The third-order valence-electron chi connectivity index (χ3n) is 2.73. The van der Waals surface area contributed by atoms with E-state index in [1.165, 1.54) is 11.1 Å². The van der Waals surface area contributed by atoms with E-state index in [-0.39, 0.29) is 0 Å². The highest BCUT2D eigenvalue weighted by Gasteiger charge is 2.07. The molecule has 0 saturated carbocycles. The Morgan fingerprint density at radius 3 is 2.60 bits per heavy atom.